The highest BCUT2D eigenvalue weighted by atomic mass is 16.3. The number of carbonyl (C=O) groups is 1. The van der Waals surface area contributed by atoms with Gasteiger partial charge in [0.2, 0.25) is 0 Å². The Kier molecular flexibility index (Phi) is 2.77. The number of rotatable bonds is 2. The van der Waals surface area contributed by atoms with E-state index in [-0.39, 0.29) is 28.8 Å². The molecule has 0 aromatic heterocycles. The highest BCUT2D eigenvalue weighted by Crippen LogP contribution is 2.27. The Morgan fingerprint density at radius 2 is 2.06 bits per heavy atom. The van der Waals surface area contributed by atoms with E-state index in [0.29, 0.717) is 6.42 Å². The number of phenolic OH excluding ortho intramolecular Hbond substituents is 2. The Bertz CT molecular complexity index is 472. The standard InChI is InChI=1S/C13H12O3/c14-10-6-7-11(12(15)8-10)13(16)9-4-2-1-3-5-9/h1-4,6-9,14-15H,5H2. The summed E-state index contributed by atoms with van der Waals surface area (Å²) in [5.41, 5.74) is 0.253. The summed E-state index contributed by atoms with van der Waals surface area (Å²) >= 11 is 0. The van der Waals surface area contributed by atoms with Gasteiger partial charge in [-0.25, -0.2) is 0 Å². The van der Waals surface area contributed by atoms with E-state index in [1.165, 1.54) is 18.2 Å². The molecule has 0 saturated heterocycles. The predicted octanol–water partition coefficient (Wildman–Crippen LogP) is 2.41. The first-order valence-electron chi connectivity index (χ1n) is 5.08. The molecule has 0 heterocycles. The van der Waals surface area contributed by atoms with Gasteiger partial charge in [0.05, 0.1) is 5.56 Å². The van der Waals surface area contributed by atoms with E-state index in [2.05, 4.69) is 0 Å². The SMILES string of the molecule is O=C(c1ccc(O)cc1O)C1C=CC=CC1. The average molecular weight is 216 g/mol. The summed E-state index contributed by atoms with van der Waals surface area (Å²) in [5.74, 6) is -0.570. The van der Waals surface area contributed by atoms with Gasteiger partial charge in [0.25, 0.3) is 0 Å². The first kappa shape index (κ1) is 10.5. The summed E-state index contributed by atoms with van der Waals surface area (Å²) < 4.78 is 0. The summed E-state index contributed by atoms with van der Waals surface area (Å²) in [5, 5.41) is 18.7. The van der Waals surface area contributed by atoms with Gasteiger partial charge in [-0.3, -0.25) is 4.79 Å². The van der Waals surface area contributed by atoms with Crippen LogP contribution in [0.25, 0.3) is 0 Å². The molecule has 0 spiro atoms. The van der Waals surface area contributed by atoms with Crippen LogP contribution in [-0.4, -0.2) is 16.0 Å². The molecular weight excluding hydrogens is 204 g/mol. The quantitative estimate of drug-likeness (QED) is 0.746. The van der Waals surface area contributed by atoms with Crippen molar-refractivity contribution in [1.82, 2.24) is 0 Å². The third-order valence-corrected chi connectivity index (χ3v) is 2.56. The molecule has 1 unspecified atom stereocenters. The molecule has 3 nitrogen and oxygen atoms in total. The van der Waals surface area contributed by atoms with Crippen molar-refractivity contribution in [3.05, 3.63) is 48.1 Å². The largest absolute Gasteiger partial charge is 0.508 e. The van der Waals surface area contributed by atoms with Crippen molar-refractivity contribution in [2.75, 3.05) is 0 Å². The van der Waals surface area contributed by atoms with Crippen LogP contribution in [0.1, 0.15) is 16.8 Å². The third-order valence-electron chi connectivity index (χ3n) is 2.56. The molecule has 1 aliphatic rings. The second-order valence-corrected chi connectivity index (χ2v) is 3.72. The van der Waals surface area contributed by atoms with Crippen LogP contribution in [-0.2, 0) is 0 Å². The molecule has 0 fully saturated rings. The lowest BCUT2D eigenvalue weighted by Gasteiger charge is -2.12. The van der Waals surface area contributed by atoms with Gasteiger partial charge in [-0.2, -0.15) is 0 Å². The van der Waals surface area contributed by atoms with Crippen molar-refractivity contribution >= 4 is 5.78 Å². The van der Waals surface area contributed by atoms with Gasteiger partial charge in [-0.15, -0.1) is 0 Å². The molecule has 0 amide bonds. The Labute approximate surface area is 93.4 Å². The van der Waals surface area contributed by atoms with Gasteiger partial charge in [0, 0.05) is 12.0 Å². The minimum atomic E-state index is -0.222. The lowest BCUT2D eigenvalue weighted by atomic mass is 9.91. The summed E-state index contributed by atoms with van der Waals surface area (Å²) in [6.45, 7) is 0. The minimum Gasteiger partial charge on any atom is -0.508 e. The van der Waals surface area contributed by atoms with E-state index in [1.807, 2.05) is 24.3 Å². The van der Waals surface area contributed by atoms with E-state index in [0.717, 1.165) is 0 Å². The van der Waals surface area contributed by atoms with Gasteiger partial charge in [-0.1, -0.05) is 24.3 Å². The average Bonchev–Trinajstić information content (AvgIpc) is 2.29. The van der Waals surface area contributed by atoms with Crippen molar-refractivity contribution in [1.29, 1.82) is 0 Å². The summed E-state index contributed by atoms with van der Waals surface area (Å²) in [4.78, 5) is 12.0. The zero-order valence-corrected chi connectivity index (χ0v) is 8.63. The zero-order valence-electron chi connectivity index (χ0n) is 8.63. The van der Waals surface area contributed by atoms with Gasteiger partial charge in [0.15, 0.2) is 5.78 Å². The third kappa shape index (κ3) is 1.98. The van der Waals surface area contributed by atoms with Gasteiger partial charge in [-0.05, 0) is 18.6 Å². The van der Waals surface area contributed by atoms with E-state index >= 15 is 0 Å². The lowest BCUT2D eigenvalue weighted by molar-refractivity contribution is 0.0943. The number of allylic oxidation sites excluding steroid dienone is 4. The molecule has 0 saturated carbocycles. The first-order chi connectivity index (χ1) is 7.68. The van der Waals surface area contributed by atoms with Crippen LogP contribution in [0.2, 0.25) is 0 Å². The lowest BCUT2D eigenvalue weighted by Crippen LogP contribution is -2.13. The molecule has 1 aliphatic carbocycles. The molecule has 1 atom stereocenters. The van der Waals surface area contributed by atoms with Crippen molar-refractivity contribution in [2.45, 2.75) is 6.42 Å². The van der Waals surface area contributed by atoms with E-state index in [9.17, 15) is 9.90 Å². The van der Waals surface area contributed by atoms with Crippen LogP contribution in [0.15, 0.2) is 42.5 Å². The number of ketones is 1. The number of hydrogen-bond acceptors (Lipinski definition) is 3. The van der Waals surface area contributed by atoms with Crippen molar-refractivity contribution in [3.8, 4) is 11.5 Å². The summed E-state index contributed by atoms with van der Waals surface area (Å²) in [6, 6.07) is 4.02. The van der Waals surface area contributed by atoms with E-state index in [4.69, 9.17) is 5.11 Å². The van der Waals surface area contributed by atoms with Crippen LogP contribution in [0, 0.1) is 5.92 Å². The monoisotopic (exact) mass is 216 g/mol. The molecule has 0 radical (unpaired) electrons. The fraction of sp³-hybridized carbons (Fsp3) is 0.154. The van der Waals surface area contributed by atoms with Crippen molar-refractivity contribution in [3.63, 3.8) is 0 Å². The number of benzene rings is 1. The van der Waals surface area contributed by atoms with Gasteiger partial charge in [0.1, 0.15) is 11.5 Å². The second-order valence-electron chi connectivity index (χ2n) is 3.72. The van der Waals surface area contributed by atoms with Crippen LogP contribution in [0.5, 0.6) is 11.5 Å². The molecular formula is C13H12O3. The van der Waals surface area contributed by atoms with Crippen LogP contribution in [0.4, 0.5) is 0 Å². The Morgan fingerprint density at radius 1 is 1.25 bits per heavy atom. The molecule has 2 N–H and O–H groups in total. The summed E-state index contributed by atoms with van der Waals surface area (Å²) in [6.07, 6.45) is 8.09. The number of hydrogen-bond donors (Lipinski definition) is 2. The number of aromatic hydroxyl groups is 2. The Hall–Kier alpha value is -2.03. The fourth-order valence-electron chi connectivity index (χ4n) is 1.70. The molecule has 0 aliphatic heterocycles. The van der Waals surface area contributed by atoms with E-state index < -0.39 is 0 Å². The molecule has 3 heteroatoms. The number of Topliss-reactive ketones (excluding diaryl/α,β-unsaturated/α-hetero) is 1. The normalized spacial score (nSPS) is 18.6. The Balaban J connectivity index is 2.27. The highest BCUT2D eigenvalue weighted by Gasteiger charge is 2.20. The van der Waals surface area contributed by atoms with Crippen molar-refractivity contribution in [2.24, 2.45) is 5.92 Å². The molecule has 1 aromatic carbocycles. The molecule has 0 bridgehead atoms. The highest BCUT2D eigenvalue weighted by molar-refractivity contribution is 6.01. The minimum absolute atomic E-state index is 0.0480. The van der Waals surface area contributed by atoms with Crippen LogP contribution < -0.4 is 0 Å². The maximum absolute atomic E-state index is 12.0. The zero-order chi connectivity index (χ0) is 11.5. The topological polar surface area (TPSA) is 57.5 Å². The predicted molar refractivity (Wildman–Crippen MR) is 60.5 cm³/mol. The molecule has 82 valence electrons. The maximum atomic E-state index is 12.0. The van der Waals surface area contributed by atoms with Crippen LogP contribution in [0.3, 0.4) is 0 Å². The van der Waals surface area contributed by atoms with Crippen LogP contribution >= 0.6 is 0 Å². The summed E-state index contributed by atoms with van der Waals surface area (Å²) in [7, 11) is 0. The molecule has 2 rings (SSSR count). The maximum Gasteiger partial charge on any atom is 0.173 e. The number of phenols is 2. The first-order valence-corrected chi connectivity index (χ1v) is 5.08. The van der Waals surface area contributed by atoms with Crippen molar-refractivity contribution < 1.29 is 15.0 Å². The smallest absolute Gasteiger partial charge is 0.173 e. The Morgan fingerprint density at radius 3 is 2.69 bits per heavy atom. The molecule has 1 aromatic rings. The van der Waals surface area contributed by atoms with Gasteiger partial charge < -0.3 is 10.2 Å². The number of carbonyl (C=O) groups excluding carboxylic acids is 1. The second kappa shape index (κ2) is 4.23. The van der Waals surface area contributed by atoms with E-state index in [1.54, 1.807) is 0 Å². The van der Waals surface area contributed by atoms with Gasteiger partial charge >= 0.3 is 0 Å². The molecule has 16 heavy (non-hydrogen) atoms. The fourth-order valence-corrected chi connectivity index (χ4v) is 1.70.